The van der Waals surface area contributed by atoms with Crippen LogP contribution >= 0.6 is 11.8 Å². The molecule has 0 aliphatic heterocycles. The van der Waals surface area contributed by atoms with Gasteiger partial charge in [-0.1, -0.05) is 18.2 Å². The Bertz CT molecular complexity index is 710. The van der Waals surface area contributed by atoms with Crippen molar-refractivity contribution in [1.29, 1.82) is 0 Å². The molecule has 2 rings (SSSR count). The Labute approximate surface area is 136 Å². The Morgan fingerprint density at radius 1 is 1.04 bits per heavy atom. The van der Waals surface area contributed by atoms with Crippen molar-refractivity contribution in [3.63, 3.8) is 0 Å². The molecule has 7 heteroatoms. The molecule has 0 aliphatic carbocycles. The number of rotatable bonds is 4. The van der Waals surface area contributed by atoms with E-state index in [-0.39, 0.29) is 0 Å². The monoisotopic (exact) mass is 336 g/mol. The molecule has 0 heterocycles. The number of nitrogens with one attached hydrogen (secondary N) is 2. The zero-order valence-electron chi connectivity index (χ0n) is 12.2. The maximum absolute atomic E-state index is 13.1. The number of amides is 3. The summed E-state index contributed by atoms with van der Waals surface area (Å²) >= 11 is 1.02. The van der Waals surface area contributed by atoms with Gasteiger partial charge < -0.3 is 5.32 Å². The summed E-state index contributed by atoms with van der Waals surface area (Å²) in [6, 6.07) is 11.4. The average molecular weight is 336 g/mol. The smallest absolute Gasteiger partial charge is 0.308 e. The van der Waals surface area contributed by atoms with Gasteiger partial charge in [0.15, 0.2) is 11.6 Å². The van der Waals surface area contributed by atoms with E-state index in [2.05, 4.69) is 10.6 Å². The molecular weight excluding hydrogens is 322 g/mol. The summed E-state index contributed by atoms with van der Waals surface area (Å²) in [5.74, 6) is -2.47. The minimum atomic E-state index is -0.982. The first-order chi connectivity index (χ1) is 11.0. The van der Waals surface area contributed by atoms with Gasteiger partial charge >= 0.3 is 6.03 Å². The number of urea groups is 1. The lowest BCUT2D eigenvalue weighted by atomic mass is 10.3. The van der Waals surface area contributed by atoms with E-state index >= 15 is 0 Å². The summed E-state index contributed by atoms with van der Waals surface area (Å²) in [5, 5.41) is 4.06. The minimum Gasteiger partial charge on any atom is -0.308 e. The van der Waals surface area contributed by atoms with Crippen LogP contribution in [0.2, 0.25) is 0 Å². The molecule has 23 heavy (non-hydrogen) atoms. The minimum absolute atomic E-state index is 0.398. The fourth-order valence-electron chi connectivity index (χ4n) is 1.71. The van der Waals surface area contributed by atoms with Crippen molar-refractivity contribution in [3.05, 3.63) is 60.2 Å². The van der Waals surface area contributed by atoms with Crippen LogP contribution in [-0.4, -0.2) is 17.2 Å². The Morgan fingerprint density at radius 3 is 2.39 bits per heavy atom. The third kappa shape index (κ3) is 5.07. The number of hydrogen-bond donors (Lipinski definition) is 2. The second-order valence-corrected chi connectivity index (χ2v) is 6.06. The van der Waals surface area contributed by atoms with Crippen LogP contribution in [0.3, 0.4) is 0 Å². The second kappa shape index (κ2) is 7.73. The zero-order chi connectivity index (χ0) is 16.8. The van der Waals surface area contributed by atoms with Crippen LogP contribution in [-0.2, 0) is 4.79 Å². The summed E-state index contributed by atoms with van der Waals surface area (Å²) in [6.45, 7) is 1.57. The van der Waals surface area contributed by atoms with E-state index in [4.69, 9.17) is 0 Å². The van der Waals surface area contributed by atoms with Crippen molar-refractivity contribution in [2.45, 2.75) is 17.1 Å². The average Bonchev–Trinajstić information content (AvgIpc) is 2.51. The van der Waals surface area contributed by atoms with Gasteiger partial charge in [-0.05, 0) is 37.3 Å². The van der Waals surface area contributed by atoms with Gasteiger partial charge in [0, 0.05) is 10.6 Å². The number of halogens is 2. The fraction of sp³-hybridized carbons (Fsp3) is 0.125. The molecule has 0 saturated heterocycles. The van der Waals surface area contributed by atoms with E-state index in [1.54, 1.807) is 37.3 Å². The molecule has 3 amide bonds. The Kier molecular flexibility index (Phi) is 5.70. The first-order valence-electron chi connectivity index (χ1n) is 6.74. The van der Waals surface area contributed by atoms with Crippen molar-refractivity contribution in [2.75, 3.05) is 5.32 Å². The number of thioether (sulfide) groups is 1. The Morgan fingerprint density at radius 2 is 1.74 bits per heavy atom. The van der Waals surface area contributed by atoms with Crippen LogP contribution in [0.5, 0.6) is 0 Å². The van der Waals surface area contributed by atoms with Gasteiger partial charge in [0.2, 0.25) is 5.91 Å². The number of hydrogen-bond acceptors (Lipinski definition) is 3. The molecule has 0 unspecified atom stereocenters. The first-order valence-corrected chi connectivity index (χ1v) is 7.62. The normalized spacial score (nSPS) is 11.6. The van der Waals surface area contributed by atoms with E-state index < -0.39 is 28.8 Å². The lowest BCUT2D eigenvalue weighted by Gasteiger charge is -2.12. The Balaban J connectivity index is 1.89. The van der Waals surface area contributed by atoms with Gasteiger partial charge in [0.25, 0.3) is 0 Å². The highest BCUT2D eigenvalue weighted by atomic mass is 32.2. The van der Waals surface area contributed by atoms with Gasteiger partial charge in [-0.15, -0.1) is 11.8 Å². The van der Waals surface area contributed by atoms with Crippen LogP contribution < -0.4 is 10.6 Å². The lowest BCUT2D eigenvalue weighted by Crippen LogP contribution is -2.38. The highest BCUT2D eigenvalue weighted by Crippen LogP contribution is 2.24. The van der Waals surface area contributed by atoms with E-state index in [1.807, 2.05) is 0 Å². The SMILES string of the molecule is C[C@@H](Sc1ccc(F)c(F)c1)C(=O)NC(=O)Nc1ccccc1. The zero-order valence-corrected chi connectivity index (χ0v) is 13.0. The van der Waals surface area contributed by atoms with E-state index in [0.717, 1.165) is 23.9 Å². The van der Waals surface area contributed by atoms with Crippen LogP contribution in [0.1, 0.15) is 6.92 Å². The maximum Gasteiger partial charge on any atom is 0.325 e. The van der Waals surface area contributed by atoms with Crippen molar-refractivity contribution in [3.8, 4) is 0 Å². The largest absolute Gasteiger partial charge is 0.325 e. The van der Waals surface area contributed by atoms with Crippen molar-refractivity contribution in [2.24, 2.45) is 0 Å². The van der Waals surface area contributed by atoms with E-state index in [0.29, 0.717) is 10.6 Å². The maximum atomic E-state index is 13.1. The molecular formula is C16H14F2N2O2S. The van der Waals surface area contributed by atoms with Gasteiger partial charge in [-0.25, -0.2) is 13.6 Å². The molecule has 0 aliphatic rings. The summed E-state index contributed by atoms with van der Waals surface area (Å²) in [6.07, 6.45) is 0. The highest BCUT2D eigenvalue weighted by molar-refractivity contribution is 8.00. The molecule has 120 valence electrons. The predicted octanol–water partition coefficient (Wildman–Crippen LogP) is 3.79. The van der Waals surface area contributed by atoms with Crippen LogP contribution in [0.15, 0.2) is 53.4 Å². The lowest BCUT2D eigenvalue weighted by molar-refractivity contribution is -0.119. The molecule has 0 bridgehead atoms. The molecule has 0 saturated carbocycles. The molecule has 1 atom stereocenters. The molecule has 2 N–H and O–H groups in total. The van der Waals surface area contributed by atoms with Crippen LogP contribution in [0, 0.1) is 11.6 Å². The third-order valence-corrected chi connectivity index (χ3v) is 3.94. The van der Waals surface area contributed by atoms with Gasteiger partial charge in [0.05, 0.1) is 5.25 Å². The summed E-state index contributed by atoms with van der Waals surface area (Å²) in [4.78, 5) is 24.1. The van der Waals surface area contributed by atoms with Crippen molar-refractivity contribution < 1.29 is 18.4 Å². The van der Waals surface area contributed by atoms with Crippen LogP contribution in [0.25, 0.3) is 0 Å². The summed E-state index contributed by atoms with van der Waals surface area (Å²) < 4.78 is 26.0. The molecule has 0 fully saturated rings. The van der Waals surface area contributed by atoms with Gasteiger partial charge in [0.1, 0.15) is 0 Å². The molecule has 0 radical (unpaired) electrons. The quantitative estimate of drug-likeness (QED) is 0.835. The third-order valence-electron chi connectivity index (χ3n) is 2.84. The fourth-order valence-corrected chi connectivity index (χ4v) is 2.60. The van der Waals surface area contributed by atoms with Crippen molar-refractivity contribution in [1.82, 2.24) is 5.32 Å². The van der Waals surface area contributed by atoms with Crippen LogP contribution in [0.4, 0.5) is 19.3 Å². The van der Waals surface area contributed by atoms with E-state index in [1.165, 1.54) is 6.07 Å². The highest BCUT2D eigenvalue weighted by Gasteiger charge is 2.17. The number of benzene rings is 2. The Hall–Kier alpha value is -2.41. The van der Waals surface area contributed by atoms with E-state index in [9.17, 15) is 18.4 Å². The van der Waals surface area contributed by atoms with Crippen molar-refractivity contribution >= 4 is 29.4 Å². The molecule has 4 nitrogen and oxygen atoms in total. The molecule has 0 spiro atoms. The molecule has 2 aromatic carbocycles. The topological polar surface area (TPSA) is 58.2 Å². The number of imide groups is 1. The molecule has 2 aromatic rings. The predicted molar refractivity (Wildman–Crippen MR) is 85.3 cm³/mol. The summed E-state index contributed by atoms with van der Waals surface area (Å²) in [7, 11) is 0. The standard InChI is InChI=1S/C16H14F2N2O2S/c1-10(23-12-7-8-13(17)14(18)9-12)15(21)20-16(22)19-11-5-3-2-4-6-11/h2-10H,1H3,(H2,19,20,21,22)/t10-/m1/s1. The number of carbonyl (C=O) groups excluding carboxylic acids is 2. The number of carbonyl (C=O) groups is 2. The van der Waals surface area contributed by atoms with Gasteiger partial charge in [-0.2, -0.15) is 0 Å². The molecule has 0 aromatic heterocycles. The van der Waals surface area contributed by atoms with Gasteiger partial charge in [-0.3, -0.25) is 10.1 Å². The number of anilines is 1. The summed E-state index contributed by atoms with van der Waals surface area (Å²) in [5.41, 5.74) is 0.554. The number of para-hydroxylation sites is 1. The first kappa shape index (κ1) is 17.0. The second-order valence-electron chi connectivity index (χ2n) is 4.65.